The Labute approximate surface area is 157 Å². The van der Waals surface area contributed by atoms with E-state index in [1.54, 1.807) is 35.4 Å². The number of nitrogens with zero attached hydrogens (tertiary/aromatic N) is 5. The van der Waals surface area contributed by atoms with E-state index in [1.807, 2.05) is 6.92 Å². The molecule has 3 aromatic rings. The fourth-order valence-electron chi connectivity index (χ4n) is 2.32. The first kappa shape index (κ1) is 17.6. The van der Waals surface area contributed by atoms with Crippen LogP contribution in [-0.4, -0.2) is 34.7 Å². The molecule has 0 aliphatic rings. The van der Waals surface area contributed by atoms with Crippen LogP contribution in [0.4, 0.5) is 0 Å². The molecule has 1 unspecified atom stereocenters. The summed E-state index contributed by atoms with van der Waals surface area (Å²) in [6.45, 7) is 2.13. The van der Waals surface area contributed by atoms with Crippen LogP contribution < -0.4 is 0 Å². The largest absolute Gasteiger partial charge is 0.382 e. The second-order valence-corrected chi connectivity index (χ2v) is 8.41. The minimum Gasteiger partial charge on any atom is -0.382 e. The van der Waals surface area contributed by atoms with Gasteiger partial charge in [-0.1, -0.05) is 33.8 Å². The van der Waals surface area contributed by atoms with E-state index < -0.39 is 5.60 Å². The molecule has 0 radical (unpaired) electrons. The summed E-state index contributed by atoms with van der Waals surface area (Å²) < 4.78 is 6.34. The third-order valence-corrected chi connectivity index (χ3v) is 6.18. The molecule has 0 aliphatic heterocycles. The minimum atomic E-state index is -1.29. The highest BCUT2D eigenvalue weighted by Gasteiger charge is 2.39. The van der Waals surface area contributed by atoms with E-state index in [1.165, 1.54) is 29.6 Å². The molecule has 2 heterocycles. The van der Waals surface area contributed by atoms with Gasteiger partial charge in [-0.2, -0.15) is 5.10 Å². The SMILES string of the molecule is C[C@@H](Sc1cnns1)C(O)(Cn1cncn1)c1ccc(Cl)cc1Cl. The van der Waals surface area contributed by atoms with E-state index in [2.05, 4.69) is 19.7 Å². The topological polar surface area (TPSA) is 76.7 Å². The van der Waals surface area contributed by atoms with Gasteiger partial charge >= 0.3 is 0 Å². The molecule has 0 amide bonds. The molecular formula is C14H13Cl2N5OS2. The molecule has 0 saturated carbocycles. The summed E-state index contributed by atoms with van der Waals surface area (Å²) in [4.78, 5) is 3.93. The molecule has 0 spiro atoms. The number of hydrogen-bond acceptors (Lipinski definition) is 7. The van der Waals surface area contributed by atoms with E-state index in [0.717, 1.165) is 4.21 Å². The maximum atomic E-state index is 11.5. The summed E-state index contributed by atoms with van der Waals surface area (Å²) in [5, 5.41) is 20.1. The summed E-state index contributed by atoms with van der Waals surface area (Å²) in [6, 6.07) is 5.07. The molecule has 6 nitrogen and oxygen atoms in total. The Morgan fingerprint density at radius 2 is 2.25 bits per heavy atom. The number of aliphatic hydroxyl groups is 1. The van der Waals surface area contributed by atoms with Crippen LogP contribution in [0, 0.1) is 0 Å². The molecule has 3 rings (SSSR count). The number of thioether (sulfide) groups is 1. The Morgan fingerprint density at radius 1 is 1.42 bits per heavy atom. The smallest absolute Gasteiger partial charge is 0.137 e. The van der Waals surface area contributed by atoms with Crippen LogP contribution in [0.2, 0.25) is 10.0 Å². The highest BCUT2D eigenvalue weighted by molar-refractivity contribution is 8.01. The first-order valence-corrected chi connectivity index (χ1v) is 9.34. The number of benzene rings is 1. The minimum absolute atomic E-state index is 0.203. The number of rotatable bonds is 6. The number of hydrogen-bond donors (Lipinski definition) is 1. The quantitative estimate of drug-likeness (QED) is 0.636. The second kappa shape index (κ2) is 7.37. The maximum absolute atomic E-state index is 11.5. The molecule has 0 saturated heterocycles. The van der Waals surface area contributed by atoms with Crippen molar-refractivity contribution in [2.75, 3.05) is 0 Å². The maximum Gasteiger partial charge on any atom is 0.137 e. The van der Waals surface area contributed by atoms with Gasteiger partial charge in [0, 0.05) is 20.9 Å². The molecular weight excluding hydrogens is 389 g/mol. The average molecular weight is 402 g/mol. The van der Waals surface area contributed by atoms with Crippen LogP contribution in [0.3, 0.4) is 0 Å². The van der Waals surface area contributed by atoms with Gasteiger partial charge < -0.3 is 5.11 Å². The van der Waals surface area contributed by atoms with Gasteiger partial charge in [0.15, 0.2) is 0 Å². The first-order chi connectivity index (χ1) is 11.5. The fourth-order valence-corrected chi connectivity index (χ4v) is 4.72. The van der Waals surface area contributed by atoms with Gasteiger partial charge in [-0.3, -0.25) is 0 Å². The zero-order valence-corrected chi connectivity index (χ0v) is 15.6. The van der Waals surface area contributed by atoms with Crippen LogP contribution in [0.15, 0.2) is 41.3 Å². The molecule has 126 valence electrons. The van der Waals surface area contributed by atoms with Crippen LogP contribution in [0.25, 0.3) is 0 Å². The predicted octanol–water partition coefficient (Wildman–Crippen LogP) is 3.51. The van der Waals surface area contributed by atoms with Crippen molar-refractivity contribution in [3.05, 3.63) is 52.7 Å². The third kappa shape index (κ3) is 3.73. The van der Waals surface area contributed by atoms with Crippen molar-refractivity contribution in [3.8, 4) is 0 Å². The Kier molecular flexibility index (Phi) is 5.41. The van der Waals surface area contributed by atoms with Crippen LogP contribution in [0.5, 0.6) is 0 Å². The lowest BCUT2D eigenvalue weighted by Gasteiger charge is -2.34. The highest BCUT2D eigenvalue weighted by Crippen LogP contribution is 2.41. The normalized spacial score (nSPS) is 15.2. The van der Waals surface area contributed by atoms with Gasteiger partial charge in [-0.05, 0) is 30.6 Å². The van der Waals surface area contributed by atoms with Gasteiger partial charge in [0.2, 0.25) is 0 Å². The number of halogens is 2. The zero-order chi connectivity index (χ0) is 17.2. The van der Waals surface area contributed by atoms with E-state index >= 15 is 0 Å². The summed E-state index contributed by atoms with van der Waals surface area (Å²) in [7, 11) is 0. The van der Waals surface area contributed by atoms with Crippen LogP contribution in [0.1, 0.15) is 12.5 Å². The summed E-state index contributed by atoms with van der Waals surface area (Å²) in [5.74, 6) is 0. The van der Waals surface area contributed by atoms with Crippen LogP contribution >= 0.6 is 46.5 Å². The Morgan fingerprint density at radius 3 is 2.88 bits per heavy atom. The van der Waals surface area contributed by atoms with E-state index in [0.29, 0.717) is 15.6 Å². The molecule has 0 fully saturated rings. The van der Waals surface area contributed by atoms with Crippen molar-refractivity contribution >= 4 is 46.5 Å². The molecule has 2 atom stereocenters. The lowest BCUT2D eigenvalue weighted by molar-refractivity contribution is 0.0169. The average Bonchev–Trinajstić information content (AvgIpc) is 3.20. The molecule has 1 aromatic carbocycles. The zero-order valence-electron chi connectivity index (χ0n) is 12.5. The number of aromatic nitrogens is 5. The van der Waals surface area contributed by atoms with Gasteiger partial charge in [0.1, 0.15) is 22.5 Å². The first-order valence-electron chi connectivity index (χ1n) is 6.93. The van der Waals surface area contributed by atoms with Gasteiger partial charge in [-0.15, -0.1) is 16.9 Å². The van der Waals surface area contributed by atoms with Gasteiger partial charge in [0.05, 0.1) is 12.7 Å². The van der Waals surface area contributed by atoms with Crippen LogP contribution in [-0.2, 0) is 12.1 Å². The van der Waals surface area contributed by atoms with Crippen molar-refractivity contribution < 1.29 is 5.11 Å². The molecule has 2 aromatic heterocycles. The van der Waals surface area contributed by atoms with Crippen molar-refractivity contribution in [2.24, 2.45) is 0 Å². The highest BCUT2D eigenvalue weighted by atomic mass is 35.5. The van der Waals surface area contributed by atoms with Gasteiger partial charge in [-0.25, -0.2) is 9.67 Å². The van der Waals surface area contributed by atoms with Crippen molar-refractivity contribution in [2.45, 2.75) is 28.5 Å². The summed E-state index contributed by atoms with van der Waals surface area (Å²) in [6.07, 6.45) is 4.65. The van der Waals surface area contributed by atoms with Crippen molar-refractivity contribution in [1.82, 2.24) is 24.4 Å². The van der Waals surface area contributed by atoms with Crippen molar-refractivity contribution in [1.29, 1.82) is 0 Å². The lowest BCUT2D eigenvalue weighted by Crippen LogP contribution is -2.40. The van der Waals surface area contributed by atoms with E-state index in [-0.39, 0.29) is 11.8 Å². The Bertz CT molecular complexity index is 800. The van der Waals surface area contributed by atoms with Gasteiger partial charge in [0.25, 0.3) is 0 Å². The molecule has 10 heteroatoms. The second-order valence-electron chi connectivity index (χ2n) is 5.14. The summed E-state index contributed by atoms with van der Waals surface area (Å²) >= 11 is 15.1. The predicted molar refractivity (Wildman–Crippen MR) is 95.6 cm³/mol. The molecule has 24 heavy (non-hydrogen) atoms. The Balaban J connectivity index is 1.99. The van der Waals surface area contributed by atoms with Crippen molar-refractivity contribution in [3.63, 3.8) is 0 Å². The third-order valence-electron chi connectivity index (χ3n) is 3.57. The lowest BCUT2D eigenvalue weighted by atomic mass is 9.90. The monoisotopic (exact) mass is 401 g/mol. The molecule has 1 N–H and O–H groups in total. The molecule has 0 aliphatic carbocycles. The van der Waals surface area contributed by atoms with E-state index in [9.17, 15) is 5.11 Å². The summed E-state index contributed by atoms with van der Waals surface area (Å²) in [5.41, 5.74) is -0.703. The fraction of sp³-hybridized carbons (Fsp3) is 0.286. The standard InChI is InChI=1S/C14H13Cl2N5OS2/c1-9(23-13-5-18-20-24-13)14(22,6-21-8-17-7-19-21)11-3-2-10(15)4-12(11)16/h2-5,7-9,22H,6H2,1H3/t9-,14?/m1/s1. The Hall–Kier alpha value is -1.19. The molecule has 0 bridgehead atoms. The van der Waals surface area contributed by atoms with E-state index in [4.69, 9.17) is 23.2 Å².